The number of carbonyl (C=O) groups excluding carboxylic acids is 2. The van der Waals surface area contributed by atoms with E-state index in [9.17, 15) is 9.59 Å². The molecule has 0 radical (unpaired) electrons. The first-order valence-corrected chi connectivity index (χ1v) is 6.29. The van der Waals surface area contributed by atoms with E-state index in [1.807, 2.05) is 6.92 Å². The van der Waals surface area contributed by atoms with Crippen molar-refractivity contribution in [2.45, 2.75) is 32.6 Å². The van der Waals surface area contributed by atoms with Crippen molar-refractivity contribution < 1.29 is 9.59 Å². The molecule has 1 saturated carbocycles. The summed E-state index contributed by atoms with van der Waals surface area (Å²) < 4.78 is 0. The first-order valence-electron chi connectivity index (χ1n) is 5.88. The SMILES string of the molecule is C[C@]12CCC/C(=N/NC(N)=S)[C@@H]1C(=O)NC(=O)C2. The fourth-order valence-corrected chi connectivity index (χ4v) is 2.94. The summed E-state index contributed by atoms with van der Waals surface area (Å²) in [6, 6.07) is 0. The molecular weight excluding hydrogens is 252 g/mol. The molecule has 4 N–H and O–H groups in total. The van der Waals surface area contributed by atoms with Gasteiger partial charge in [-0.1, -0.05) is 6.92 Å². The molecule has 0 unspecified atom stereocenters. The number of rotatable bonds is 1. The zero-order valence-electron chi connectivity index (χ0n) is 10.2. The number of fused-ring (bicyclic) bond motifs is 1. The highest BCUT2D eigenvalue weighted by atomic mass is 32.1. The van der Waals surface area contributed by atoms with Crippen LogP contribution in [0.3, 0.4) is 0 Å². The van der Waals surface area contributed by atoms with Crippen LogP contribution >= 0.6 is 12.2 Å². The topological polar surface area (TPSA) is 96.6 Å². The quantitative estimate of drug-likeness (QED) is 0.354. The molecule has 2 rings (SSSR count). The van der Waals surface area contributed by atoms with Gasteiger partial charge in [-0.15, -0.1) is 0 Å². The molecule has 2 atom stereocenters. The van der Waals surface area contributed by atoms with Gasteiger partial charge in [-0.3, -0.25) is 20.3 Å². The summed E-state index contributed by atoms with van der Waals surface area (Å²) in [7, 11) is 0. The first-order chi connectivity index (χ1) is 8.42. The first kappa shape index (κ1) is 12.9. The van der Waals surface area contributed by atoms with Gasteiger partial charge in [0, 0.05) is 6.42 Å². The molecule has 2 fully saturated rings. The minimum absolute atomic E-state index is 0.0714. The molecular formula is C11H16N4O2S. The third-order valence-corrected chi connectivity index (χ3v) is 3.70. The predicted molar refractivity (Wildman–Crippen MR) is 70.6 cm³/mol. The second kappa shape index (κ2) is 4.64. The van der Waals surface area contributed by atoms with Crippen LogP contribution in [-0.4, -0.2) is 22.6 Å². The van der Waals surface area contributed by atoms with Crippen molar-refractivity contribution in [3.05, 3.63) is 0 Å². The van der Waals surface area contributed by atoms with E-state index in [1.54, 1.807) is 0 Å². The molecule has 0 aromatic rings. The van der Waals surface area contributed by atoms with Crippen molar-refractivity contribution in [3.8, 4) is 0 Å². The van der Waals surface area contributed by atoms with E-state index in [-0.39, 0.29) is 28.3 Å². The Labute approximate surface area is 110 Å². The Morgan fingerprint density at radius 3 is 3.00 bits per heavy atom. The zero-order chi connectivity index (χ0) is 13.3. The van der Waals surface area contributed by atoms with Crippen LogP contribution in [0.5, 0.6) is 0 Å². The summed E-state index contributed by atoms with van der Waals surface area (Å²) in [5, 5.41) is 6.56. The molecule has 18 heavy (non-hydrogen) atoms. The molecule has 1 aliphatic heterocycles. The molecule has 0 aromatic heterocycles. The molecule has 2 aliphatic rings. The Balaban J connectivity index is 2.28. The molecule has 1 heterocycles. The van der Waals surface area contributed by atoms with Crippen LogP contribution in [0.4, 0.5) is 0 Å². The van der Waals surface area contributed by atoms with Gasteiger partial charge in [-0.05, 0) is 36.9 Å². The number of hydrazone groups is 1. The molecule has 1 aliphatic carbocycles. The van der Waals surface area contributed by atoms with Gasteiger partial charge in [0.15, 0.2) is 5.11 Å². The summed E-state index contributed by atoms with van der Waals surface area (Å²) in [6.07, 6.45) is 2.83. The van der Waals surface area contributed by atoms with Crippen LogP contribution in [0.15, 0.2) is 5.10 Å². The van der Waals surface area contributed by atoms with E-state index in [0.29, 0.717) is 6.42 Å². The number of amides is 2. The fourth-order valence-electron chi connectivity index (χ4n) is 2.89. The van der Waals surface area contributed by atoms with Crippen LogP contribution in [0.1, 0.15) is 32.6 Å². The molecule has 0 aromatic carbocycles. The highest BCUT2D eigenvalue weighted by molar-refractivity contribution is 7.80. The van der Waals surface area contributed by atoms with E-state index in [4.69, 9.17) is 18.0 Å². The standard InChI is InChI=1S/C11H16N4O2S/c1-11-4-2-3-6(14-15-10(12)18)8(11)9(17)13-7(16)5-11/h8H,2-5H2,1H3,(H3,12,15,18)(H,13,16,17)/b14-6-/t8-,11-/m1/s1. The average molecular weight is 268 g/mol. The molecule has 0 spiro atoms. The van der Waals surface area contributed by atoms with Gasteiger partial charge in [-0.2, -0.15) is 5.10 Å². The fraction of sp³-hybridized carbons (Fsp3) is 0.636. The van der Waals surface area contributed by atoms with Crippen LogP contribution in [0.25, 0.3) is 0 Å². The van der Waals surface area contributed by atoms with Gasteiger partial charge in [0.05, 0.1) is 11.6 Å². The number of hydrogen-bond acceptors (Lipinski definition) is 4. The minimum atomic E-state index is -0.370. The van der Waals surface area contributed by atoms with Crippen molar-refractivity contribution >= 4 is 34.9 Å². The minimum Gasteiger partial charge on any atom is -0.375 e. The second-order valence-electron chi connectivity index (χ2n) is 5.11. The van der Waals surface area contributed by atoms with Gasteiger partial charge in [0.1, 0.15) is 0 Å². The Kier molecular flexibility index (Phi) is 3.34. The third kappa shape index (κ3) is 2.35. The van der Waals surface area contributed by atoms with Crippen molar-refractivity contribution in [3.63, 3.8) is 0 Å². The number of nitrogens with zero attached hydrogens (tertiary/aromatic N) is 1. The van der Waals surface area contributed by atoms with Gasteiger partial charge in [-0.25, -0.2) is 0 Å². The lowest BCUT2D eigenvalue weighted by atomic mass is 9.62. The smallest absolute Gasteiger partial charge is 0.235 e. The highest BCUT2D eigenvalue weighted by Crippen LogP contribution is 2.44. The lowest BCUT2D eigenvalue weighted by Crippen LogP contribution is -2.55. The second-order valence-corrected chi connectivity index (χ2v) is 5.55. The summed E-state index contributed by atoms with van der Waals surface area (Å²) in [5.41, 5.74) is 8.24. The largest absolute Gasteiger partial charge is 0.375 e. The van der Waals surface area contributed by atoms with Gasteiger partial charge in [0.2, 0.25) is 11.8 Å². The monoisotopic (exact) mass is 268 g/mol. The number of thiocarbonyl (C=S) groups is 1. The van der Waals surface area contributed by atoms with Crippen LogP contribution in [0, 0.1) is 11.3 Å². The molecule has 0 bridgehead atoms. The number of carbonyl (C=O) groups is 2. The molecule has 2 amide bonds. The average Bonchev–Trinajstić information content (AvgIpc) is 2.23. The normalized spacial score (nSPS) is 33.8. The van der Waals surface area contributed by atoms with E-state index >= 15 is 0 Å². The van der Waals surface area contributed by atoms with E-state index < -0.39 is 0 Å². The van der Waals surface area contributed by atoms with Crippen LogP contribution in [0.2, 0.25) is 0 Å². The van der Waals surface area contributed by atoms with Gasteiger partial charge >= 0.3 is 0 Å². The number of piperidine rings is 1. The van der Waals surface area contributed by atoms with E-state index in [1.165, 1.54) is 0 Å². The Morgan fingerprint density at radius 2 is 2.33 bits per heavy atom. The van der Waals surface area contributed by atoms with E-state index in [0.717, 1.165) is 25.0 Å². The summed E-state index contributed by atoms with van der Waals surface area (Å²) in [5.74, 6) is -0.843. The molecule has 1 saturated heterocycles. The maximum Gasteiger partial charge on any atom is 0.235 e. The van der Waals surface area contributed by atoms with Crippen molar-refractivity contribution in [1.29, 1.82) is 0 Å². The van der Waals surface area contributed by atoms with Gasteiger partial charge in [0.25, 0.3) is 0 Å². The van der Waals surface area contributed by atoms with Crippen molar-refractivity contribution in [1.82, 2.24) is 10.7 Å². The molecule has 98 valence electrons. The Morgan fingerprint density at radius 1 is 1.61 bits per heavy atom. The Hall–Kier alpha value is -1.50. The highest BCUT2D eigenvalue weighted by Gasteiger charge is 2.49. The van der Waals surface area contributed by atoms with Crippen molar-refractivity contribution in [2.24, 2.45) is 22.2 Å². The maximum absolute atomic E-state index is 12.0. The number of hydrogen-bond donors (Lipinski definition) is 3. The van der Waals surface area contributed by atoms with Crippen LogP contribution < -0.4 is 16.5 Å². The Bertz CT molecular complexity index is 448. The maximum atomic E-state index is 12.0. The summed E-state index contributed by atoms with van der Waals surface area (Å²) >= 11 is 4.69. The predicted octanol–water partition coefficient (Wildman–Crippen LogP) is 0.0285. The molecule has 7 heteroatoms. The number of nitrogens with one attached hydrogen (secondary N) is 2. The van der Waals surface area contributed by atoms with Crippen LogP contribution in [-0.2, 0) is 9.59 Å². The number of nitrogens with two attached hydrogens (primary N) is 1. The lowest BCUT2D eigenvalue weighted by molar-refractivity contribution is -0.140. The summed E-state index contributed by atoms with van der Waals surface area (Å²) in [6.45, 7) is 1.96. The zero-order valence-corrected chi connectivity index (χ0v) is 11.0. The lowest BCUT2D eigenvalue weighted by Gasteiger charge is -2.43. The number of imide groups is 1. The molecule has 6 nitrogen and oxygen atoms in total. The van der Waals surface area contributed by atoms with Crippen molar-refractivity contribution in [2.75, 3.05) is 0 Å². The summed E-state index contributed by atoms with van der Waals surface area (Å²) in [4.78, 5) is 23.5. The van der Waals surface area contributed by atoms with E-state index in [2.05, 4.69) is 15.8 Å². The third-order valence-electron chi connectivity index (χ3n) is 3.61. The van der Waals surface area contributed by atoms with Gasteiger partial charge < -0.3 is 5.73 Å².